The number of nitrogens with zero attached hydrogens (tertiary/aromatic N) is 1. The predicted molar refractivity (Wildman–Crippen MR) is 99.1 cm³/mol. The van der Waals surface area contributed by atoms with E-state index in [0.717, 1.165) is 29.9 Å². The van der Waals surface area contributed by atoms with E-state index in [1.54, 1.807) is 7.11 Å². The molecule has 122 valence electrons. The van der Waals surface area contributed by atoms with Gasteiger partial charge in [0.15, 0.2) is 0 Å². The molecular formula is C19H23BrN2O. The van der Waals surface area contributed by atoms with Crippen LogP contribution in [0.1, 0.15) is 18.4 Å². The number of anilines is 1. The van der Waals surface area contributed by atoms with Gasteiger partial charge in [-0.25, -0.2) is 0 Å². The molecule has 0 aliphatic carbocycles. The SMILES string of the molecule is COc1ccc(CN2CCC(Nc3ccccc3Br)CC2)cc1. The van der Waals surface area contributed by atoms with Gasteiger partial charge in [-0.05, 0) is 58.6 Å². The van der Waals surface area contributed by atoms with Crippen LogP contribution in [0.25, 0.3) is 0 Å². The number of para-hydroxylation sites is 1. The molecule has 0 amide bonds. The number of likely N-dealkylation sites (tertiary alicyclic amines) is 1. The van der Waals surface area contributed by atoms with Gasteiger partial charge in [-0.1, -0.05) is 24.3 Å². The summed E-state index contributed by atoms with van der Waals surface area (Å²) in [5.74, 6) is 0.921. The molecule has 1 fully saturated rings. The van der Waals surface area contributed by atoms with E-state index in [0.29, 0.717) is 6.04 Å². The van der Waals surface area contributed by atoms with E-state index >= 15 is 0 Å². The largest absolute Gasteiger partial charge is 0.497 e. The first-order chi connectivity index (χ1) is 11.2. The first-order valence-corrected chi connectivity index (χ1v) is 8.90. The van der Waals surface area contributed by atoms with E-state index in [1.165, 1.54) is 24.1 Å². The molecule has 23 heavy (non-hydrogen) atoms. The lowest BCUT2D eigenvalue weighted by Gasteiger charge is -2.33. The summed E-state index contributed by atoms with van der Waals surface area (Å²) < 4.78 is 6.35. The molecular weight excluding hydrogens is 352 g/mol. The van der Waals surface area contributed by atoms with E-state index < -0.39 is 0 Å². The fourth-order valence-corrected chi connectivity index (χ4v) is 3.42. The van der Waals surface area contributed by atoms with Gasteiger partial charge in [-0.15, -0.1) is 0 Å². The van der Waals surface area contributed by atoms with Crippen molar-refractivity contribution < 1.29 is 4.74 Å². The van der Waals surface area contributed by atoms with Crippen LogP contribution < -0.4 is 10.1 Å². The standard InChI is InChI=1S/C19H23BrN2O/c1-23-17-8-6-15(7-9-17)14-22-12-10-16(11-13-22)21-19-5-3-2-4-18(19)20/h2-9,16,21H,10-14H2,1H3. The fraction of sp³-hybridized carbons (Fsp3) is 0.368. The van der Waals surface area contributed by atoms with Gasteiger partial charge in [0.05, 0.1) is 7.11 Å². The summed E-state index contributed by atoms with van der Waals surface area (Å²) in [6.07, 6.45) is 2.36. The van der Waals surface area contributed by atoms with Crippen LogP contribution in [-0.4, -0.2) is 31.1 Å². The minimum Gasteiger partial charge on any atom is -0.497 e. The van der Waals surface area contributed by atoms with Crippen LogP contribution in [0, 0.1) is 0 Å². The number of piperidine rings is 1. The summed E-state index contributed by atoms with van der Waals surface area (Å²) in [5.41, 5.74) is 2.55. The molecule has 1 aliphatic heterocycles. The molecule has 0 bridgehead atoms. The minimum atomic E-state index is 0.556. The Morgan fingerprint density at radius 1 is 1.09 bits per heavy atom. The van der Waals surface area contributed by atoms with Crippen LogP contribution in [0.15, 0.2) is 53.0 Å². The van der Waals surface area contributed by atoms with Crippen LogP contribution in [0.2, 0.25) is 0 Å². The summed E-state index contributed by atoms with van der Waals surface area (Å²) in [4.78, 5) is 2.53. The van der Waals surface area contributed by atoms with Crippen LogP contribution in [-0.2, 0) is 6.54 Å². The maximum Gasteiger partial charge on any atom is 0.118 e. The van der Waals surface area contributed by atoms with Gasteiger partial charge in [-0.2, -0.15) is 0 Å². The number of methoxy groups -OCH3 is 1. The van der Waals surface area contributed by atoms with Crippen molar-refractivity contribution >= 4 is 21.6 Å². The number of benzene rings is 2. The van der Waals surface area contributed by atoms with Crippen molar-refractivity contribution in [3.8, 4) is 5.75 Å². The molecule has 4 heteroatoms. The lowest BCUT2D eigenvalue weighted by atomic mass is 10.0. The van der Waals surface area contributed by atoms with E-state index in [2.05, 4.69) is 56.5 Å². The summed E-state index contributed by atoms with van der Waals surface area (Å²) in [6.45, 7) is 3.29. The number of hydrogen-bond donors (Lipinski definition) is 1. The van der Waals surface area contributed by atoms with Crippen LogP contribution >= 0.6 is 15.9 Å². The lowest BCUT2D eigenvalue weighted by molar-refractivity contribution is 0.211. The summed E-state index contributed by atoms with van der Waals surface area (Å²) in [7, 11) is 1.71. The van der Waals surface area contributed by atoms with Crippen molar-refractivity contribution in [1.82, 2.24) is 4.90 Å². The van der Waals surface area contributed by atoms with E-state index in [-0.39, 0.29) is 0 Å². The van der Waals surface area contributed by atoms with E-state index in [1.807, 2.05) is 18.2 Å². The third-order valence-electron chi connectivity index (χ3n) is 4.39. The highest BCUT2D eigenvalue weighted by Gasteiger charge is 2.19. The van der Waals surface area contributed by atoms with E-state index in [4.69, 9.17) is 4.74 Å². The molecule has 1 heterocycles. The monoisotopic (exact) mass is 374 g/mol. The van der Waals surface area contributed by atoms with Gasteiger partial charge < -0.3 is 10.1 Å². The van der Waals surface area contributed by atoms with Gasteiger partial charge in [0.1, 0.15) is 5.75 Å². The molecule has 1 aliphatic rings. The molecule has 0 radical (unpaired) electrons. The second-order valence-electron chi connectivity index (χ2n) is 6.02. The number of nitrogens with one attached hydrogen (secondary N) is 1. The Kier molecular flexibility index (Phi) is 5.57. The Bertz CT molecular complexity index is 622. The van der Waals surface area contributed by atoms with Gasteiger partial charge >= 0.3 is 0 Å². The van der Waals surface area contributed by atoms with E-state index in [9.17, 15) is 0 Å². The second-order valence-corrected chi connectivity index (χ2v) is 6.88. The Hall–Kier alpha value is -1.52. The van der Waals surface area contributed by atoms with Gasteiger partial charge in [0.25, 0.3) is 0 Å². The molecule has 1 N–H and O–H groups in total. The Morgan fingerprint density at radius 3 is 2.43 bits per heavy atom. The number of halogens is 1. The third-order valence-corrected chi connectivity index (χ3v) is 5.08. The number of hydrogen-bond acceptors (Lipinski definition) is 3. The lowest BCUT2D eigenvalue weighted by Crippen LogP contribution is -2.38. The fourth-order valence-electron chi connectivity index (χ4n) is 3.02. The molecule has 0 spiro atoms. The first-order valence-electron chi connectivity index (χ1n) is 8.11. The normalized spacial score (nSPS) is 16.3. The Balaban J connectivity index is 1.49. The molecule has 3 nitrogen and oxygen atoms in total. The summed E-state index contributed by atoms with van der Waals surface area (Å²) in [5, 5.41) is 3.66. The molecule has 0 saturated carbocycles. The Labute approximate surface area is 146 Å². The molecule has 2 aromatic rings. The molecule has 0 atom stereocenters. The zero-order valence-corrected chi connectivity index (χ0v) is 15.1. The van der Waals surface area contributed by atoms with Crippen molar-refractivity contribution in [2.45, 2.75) is 25.4 Å². The topological polar surface area (TPSA) is 24.5 Å². The predicted octanol–water partition coefficient (Wildman–Crippen LogP) is 4.53. The van der Waals surface area contributed by atoms with Crippen LogP contribution in [0.4, 0.5) is 5.69 Å². The third kappa shape index (κ3) is 4.49. The highest BCUT2D eigenvalue weighted by Crippen LogP contribution is 2.25. The Morgan fingerprint density at radius 2 is 1.78 bits per heavy atom. The molecule has 0 aromatic heterocycles. The summed E-state index contributed by atoms with van der Waals surface area (Å²) in [6, 6.07) is 17.3. The van der Waals surface area contributed by atoms with Crippen molar-refractivity contribution in [3.63, 3.8) is 0 Å². The van der Waals surface area contributed by atoms with Crippen LogP contribution in [0.3, 0.4) is 0 Å². The molecule has 1 saturated heterocycles. The summed E-state index contributed by atoms with van der Waals surface area (Å²) >= 11 is 3.61. The molecule has 2 aromatic carbocycles. The maximum atomic E-state index is 5.21. The average Bonchev–Trinajstić information content (AvgIpc) is 2.59. The van der Waals surface area contributed by atoms with Crippen LogP contribution in [0.5, 0.6) is 5.75 Å². The molecule has 0 unspecified atom stereocenters. The zero-order valence-electron chi connectivity index (χ0n) is 13.5. The minimum absolute atomic E-state index is 0.556. The number of rotatable bonds is 5. The molecule has 3 rings (SSSR count). The number of ether oxygens (including phenoxy) is 1. The average molecular weight is 375 g/mol. The van der Waals surface area contributed by atoms with Crippen molar-refractivity contribution in [2.24, 2.45) is 0 Å². The maximum absolute atomic E-state index is 5.21. The highest BCUT2D eigenvalue weighted by molar-refractivity contribution is 9.10. The van der Waals surface area contributed by atoms with Crippen molar-refractivity contribution in [1.29, 1.82) is 0 Å². The second kappa shape index (κ2) is 7.84. The zero-order chi connectivity index (χ0) is 16.1. The van der Waals surface area contributed by atoms with Gasteiger partial charge in [0, 0.05) is 35.8 Å². The van der Waals surface area contributed by atoms with Gasteiger partial charge in [-0.3, -0.25) is 4.90 Å². The first kappa shape index (κ1) is 16.3. The van der Waals surface area contributed by atoms with Crippen molar-refractivity contribution in [3.05, 3.63) is 58.6 Å². The van der Waals surface area contributed by atoms with Gasteiger partial charge in [0.2, 0.25) is 0 Å². The highest BCUT2D eigenvalue weighted by atomic mass is 79.9. The smallest absolute Gasteiger partial charge is 0.118 e. The quantitative estimate of drug-likeness (QED) is 0.831. The van der Waals surface area contributed by atoms with Crippen molar-refractivity contribution in [2.75, 3.05) is 25.5 Å².